The summed E-state index contributed by atoms with van der Waals surface area (Å²) in [6.45, 7) is 2.83. The monoisotopic (exact) mass is 273 g/mol. The van der Waals surface area contributed by atoms with E-state index in [2.05, 4.69) is 16.7 Å². The molecule has 1 heterocycles. The Balaban J connectivity index is 1.83. The molecule has 0 radical (unpaired) electrons. The number of para-hydroxylation sites is 1. The number of benzene rings is 1. The second-order valence-electron chi connectivity index (χ2n) is 5.50. The average molecular weight is 273 g/mol. The minimum absolute atomic E-state index is 0.230. The van der Waals surface area contributed by atoms with E-state index in [4.69, 9.17) is 0 Å². The van der Waals surface area contributed by atoms with Crippen LogP contribution in [0.5, 0.6) is 0 Å². The molecule has 1 atom stereocenters. The number of nitrogens with one attached hydrogen (secondary N) is 2. The number of piperazine rings is 1. The summed E-state index contributed by atoms with van der Waals surface area (Å²) in [5.74, 6) is -0.468. The summed E-state index contributed by atoms with van der Waals surface area (Å²) in [5, 5.41) is 5.85. The van der Waals surface area contributed by atoms with Crippen molar-refractivity contribution in [2.45, 2.75) is 38.4 Å². The lowest BCUT2D eigenvalue weighted by atomic mass is 10.1. The zero-order valence-electron chi connectivity index (χ0n) is 11.6. The van der Waals surface area contributed by atoms with Crippen LogP contribution in [0.2, 0.25) is 0 Å². The molecular formula is C15H19N3O2. The van der Waals surface area contributed by atoms with Crippen LogP contribution in [0.1, 0.15) is 25.3 Å². The van der Waals surface area contributed by atoms with Crippen LogP contribution in [0.15, 0.2) is 24.3 Å². The molecule has 1 aromatic carbocycles. The van der Waals surface area contributed by atoms with Crippen molar-refractivity contribution < 1.29 is 9.59 Å². The molecule has 1 saturated carbocycles. The van der Waals surface area contributed by atoms with Crippen molar-refractivity contribution in [3.8, 4) is 0 Å². The molecule has 1 saturated heterocycles. The van der Waals surface area contributed by atoms with E-state index < -0.39 is 0 Å². The Morgan fingerprint density at radius 3 is 2.80 bits per heavy atom. The molecule has 0 bridgehead atoms. The standard InChI is InChI=1S/C15H19N3O2/c1-10-15(20)17-14(19)9-18(10)13-5-3-2-4-11(13)8-16-12-6-7-12/h2-5,10,12,16H,6-9H2,1H3,(H,17,19,20). The largest absolute Gasteiger partial charge is 0.350 e. The van der Waals surface area contributed by atoms with Crippen molar-refractivity contribution in [3.63, 3.8) is 0 Å². The molecule has 5 nitrogen and oxygen atoms in total. The summed E-state index contributed by atoms with van der Waals surface area (Å²) in [5.41, 5.74) is 2.10. The first-order valence-corrected chi connectivity index (χ1v) is 7.07. The Hall–Kier alpha value is -1.88. The average Bonchev–Trinajstić information content (AvgIpc) is 3.25. The highest BCUT2D eigenvalue weighted by molar-refractivity contribution is 6.04. The van der Waals surface area contributed by atoms with Gasteiger partial charge in [-0.25, -0.2) is 0 Å². The lowest BCUT2D eigenvalue weighted by Crippen LogP contribution is -2.57. The zero-order chi connectivity index (χ0) is 14.1. The van der Waals surface area contributed by atoms with E-state index in [0.29, 0.717) is 6.04 Å². The van der Waals surface area contributed by atoms with E-state index >= 15 is 0 Å². The fourth-order valence-corrected chi connectivity index (χ4v) is 2.49. The Labute approximate surface area is 118 Å². The smallest absolute Gasteiger partial charge is 0.249 e. The predicted molar refractivity (Wildman–Crippen MR) is 76.3 cm³/mol. The second-order valence-corrected chi connectivity index (χ2v) is 5.50. The highest BCUT2D eigenvalue weighted by atomic mass is 16.2. The number of carbonyl (C=O) groups excluding carboxylic acids is 2. The normalized spacial score (nSPS) is 22.9. The molecule has 1 aromatic rings. The van der Waals surface area contributed by atoms with E-state index in [1.54, 1.807) is 0 Å². The lowest BCUT2D eigenvalue weighted by molar-refractivity contribution is -0.132. The Morgan fingerprint density at radius 1 is 1.30 bits per heavy atom. The highest BCUT2D eigenvalue weighted by Gasteiger charge is 2.31. The molecular weight excluding hydrogens is 254 g/mol. The maximum atomic E-state index is 11.8. The molecule has 1 aliphatic heterocycles. The van der Waals surface area contributed by atoms with Gasteiger partial charge in [-0.1, -0.05) is 18.2 Å². The number of anilines is 1. The van der Waals surface area contributed by atoms with Gasteiger partial charge < -0.3 is 10.2 Å². The molecule has 5 heteroatoms. The Kier molecular flexibility index (Phi) is 3.44. The molecule has 2 aliphatic rings. The lowest BCUT2D eigenvalue weighted by Gasteiger charge is -2.34. The van der Waals surface area contributed by atoms with E-state index in [1.807, 2.05) is 30.0 Å². The molecule has 1 aliphatic carbocycles. The highest BCUT2D eigenvalue weighted by Crippen LogP contribution is 2.25. The summed E-state index contributed by atoms with van der Waals surface area (Å²) < 4.78 is 0. The number of amides is 2. The van der Waals surface area contributed by atoms with Crippen LogP contribution < -0.4 is 15.5 Å². The molecule has 3 rings (SSSR count). The number of imide groups is 1. The van der Waals surface area contributed by atoms with Crippen molar-refractivity contribution in [2.24, 2.45) is 0 Å². The van der Waals surface area contributed by atoms with E-state index in [9.17, 15) is 9.59 Å². The molecule has 2 fully saturated rings. The number of hydrogen-bond donors (Lipinski definition) is 2. The SMILES string of the molecule is CC1C(=O)NC(=O)CN1c1ccccc1CNC1CC1. The maximum Gasteiger partial charge on any atom is 0.249 e. The minimum atomic E-state index is -0.324. The molecule has 0 aromatic heterocycles. The first-order valence-electron chi connectivity index (χ1n) is 7.07. The second kappa shape index (κ2) is 5.25. The van der Waals surface area contributed by atoms with Gasteiger partial charge >= 0.3 is 0 Å². The molecule has 20 heavy (non-hydrogen) atoms. The fourth-order valence-electron chi connectivity index (χ4n) is 2.49. The van der Waals surface area contributed by atoms with Crippen LogP contribution in [0.25, 0.3) is 0 Å². The number of hydrogen-bond acceptors (Lipinski definition) is 4. The van der Waals surface area contributed by atoms with Crippen molar-refractivity contribution in [1.82, 2.24) is 10.6 Å². The van der Waals surface area contributed by atoms with Crippen LogP contribution in [0.4, 0.5) is 5.69 Å². The summed E-state index contributed by atoms with van der Waals surface area (Å²) in [4.78, 5) is 25.3. The van der Waals surface area contributed by atoms with Gasteiger partial charge in [-0.05, 0) is 31.4 Å². The summed E-state index contributed by atoms with van der Waals surface area (Å²) in [6.07, 6.45) is 2.48. The van der Waals surface area contributed by atoms with Crippen LogP contribution >= 0.6 is 0 Å². The third-order valence-electron chi connectivity index (χ3n) is 3.88. The topological polar surface area (TPSA) is 61.4 Å². The van der Waals surface area contributed by atoms with Gasteiger partial charge in [-0.15, -0.1) is 0 Å². The van der Waals surface area contributed by atoms with Crippen LogP contribution in [0.3, 0.4) is 0 Å². The number of carbonyl (C=O) groups is 2. The van der Waals surface area contributed by atoms with Gasteiger partial charge in [-0.3, -0.25) is 14.9 Å². The van der Waals surface area contributed by atoms with Crippen molar-refractivity contribution in [1.29, 1.82) is 0 Å². The quantitative estimate of drug-likeness (QED) is 0.796. The van der Waals surface area contributed by atoms with Crippen LogP contribution in [-0.2, 0) is 16.1 Å². The van der Waals surface area contributed by atoms with Gasteiger partial charge in [0, 0.05) is 18.3 Å². The van der Waals surface area contributed by atoms with Gasteiger partial charge in [0.05, 0.1) is 6.54 Å². The van der Waals surface area contributed by atoms with Crippen molar-refractivity contribution in [2.75, 3.05) is 11.4 Å². The molecule has 2 amide bonds. The third kappa shape index (κ3) is 2.67. The van der Waals surface area contributed by atoms with E-state index in [0.717, 1.165) is 17.8 Å². The molecule has 2 N–H and O–H groups in total. The zero-order valence-corrected chi connectivity index (χ0v) is 11.6. The Bertz CT molecular complexity index is 540. The number of rotatable bonds is 4. The van der Waals surface area contributed by atoms with Gasteiger partial charge in [0.1, 0.15) is 6.04 Å². The number of nitrogens with zero attached hydrogens (tertiary/aromatic N) is 1. The maximum absolute atomic E-state index is 11.8. The first kappa shape index (κ1) is 13.1. The van der Waals surface area contributed by atoms with Gasteiger partial charge in [0.15, 0.2) is 0 Å². The van der Waals surface area contributed by atoms with Gasteiger partial charge in [0.2, 0.25) is 11.8 Å². The summed E-state index contributed by atoms with van der Waals surface area (Å²) in [7, 11) is 0. The van der Waals surface area contributed by atoms with E-state index in [-0.39, 0.29) is 24.4 Å². The third-order valence-corrected chi connectivity index (χ3v) is 3.88. The first-order chi connectivity index (χ1) is 9.65. The van der Waals surface area contributed by atoms with Crippen LogP contribution in [-0.4, -0.2) is 30.4 Å². The Morgan fingerprint density at radius 2 is 2.05 bits per heavy atom. The minimum Gasteiger partial charge on any atom is -0.350 e. The van der Waals surface area contributed by atoms with E-state index in [1.165, 1.54) is 12.8 Å². The summed E-state index contributed by atoms with van der Waals surface area (Å²) >= 11 is 0. The van der Waals surface area contributed by atoms with Crippen LogP contribution in [0, 0.1) is 0 Å². The molecule has 106 valence electrons. The van der Waals surface area contributed by atoms with Crippen molar-refractivity contribution >= 4 is 17.5 Å². The molecule has 0 spiro atoms. The van der Waals surface area contributed by atoms with Crippen molar-refractivity contribution in [3.05, 3.63) is 29.8 Å². The van der Waals surface area contributed by atoms with Gasteiger partial charge in [0.25, 0.3) is 0 Å². The van der Waals surface area contributed by atoms with Gasteiger partial charge in [-0.2, -0.15) is 0 Å². The molecule has 1 unspecified atom stereocenters. The summed E-state index contributed by atoms with van der Waals surface area (Å²) in [6, 6.07) is 8.27. The predicted octanol–water partition coefficient (Wildman–Crippen LogP) is 0.790. The fraction of sp³-hybridized carbons (Fsp3) is 0.467.